The van der Waals surface area contributed by atoms with Gasteiger partial charge in [-0.15, -0.1) is 0 Å². The number of nitrogens with zero attached hydrogens (tertiary/aromatic N) is 1. The Balaban J connectivity index is 2.17. The maximum atomic E-state index is 12.1. The fourth-order valence-corrected chi connectivity index (χ4v) is 2.72. The number of rotatable bonds is 5. The van der Waals surface area contributed by atoms with Gasteiger partial charge in [-0.05, 0) is 36.4 Å². The fraction of sp³-hybridized carbons (Fsp3) is 0.133. The Morgan fingerprint density at radius 1 is 1.05 bits per heavy atom. The van der Waals surface area contributed by atoms with Crippen molar-refractivity contribution in [2.45, 2.75) is 4.90 Å². The molecule has 1 amide bonds. The molecular weight excluding hydrogens is 304 g/mol. The minimum Gasteiger partial charge on any atom is -0.322 e. The molecule has 0 spiro atoms. The van der Waals surface area contributed by atoms with Crippen LogP contribution in [0.1, 0.15) is 10.4 Å². The highest BCUT2D eigenvalue weighted by molar-refractivity contribution is 7.89. The van der Waals surface area contributed by atoms with Gasteiger partial charge in [-0.1, -0.05) is 22.7 Å². The SMILES string of the molecule is CON(C)S(=O)(=O)c1ccc(C(=O)Nc2ccccc2)cc1. The van der Waals surface area contributed by atoms with Crippen molar-refractivity contribution in [1.29, 1.82) is 0 Å². The third-order valence-electron chi connectivity index (χ3n) is 3.04. The number of carbonyl (C=O) groups is 1. The van der Waals surface area contributed by atoms with Crippen LogP contribution in [0.2, 0.25) is 0 Å². The summed E-state index contributed by atoms with van der Waals surface area (Å²) >= 11 is 0. The highest BCUT2D eigenvalue weighted by Gasteiger charge is 2.20. The lowest BCUT2D eigenvalue weighted by molar-refractivity contribution is -0.0258. The monoisotopic (exact) mass is 320 g/mol. The van der Waals surface area contributed by atoms with Crippen LogP contribution in [0.25, 0.3) is 0 Å². The quantitative estimate of drug-likeness (QED) is 0.856. The van der Waals surface area contributed by atoms with Crippen LogP contribution in [0.5, 0.6) is 0 Å². The minimum absolute atomic E-state index is 0.0492. The molecule has 2 aromatic carbocycles. The van der Waals surface area contributed by atoms with Crippen molar-refractivity contribution in [3.8, 4) is 0 Å². The molecule has 0 aliphatic rings. The molecule has 0 aliphatic carbocycles. The van der Waals surface area contributed by atoms with E-state index in [4.69, 9.17) is 4.84 Å². The third kappa shape index (κ3) is 3.51. The number of amides is 1. The van der Waals surface area contributed by atoms with E-state index in [1.165, 1.54) is 38.4 Å². The largest absolute Gasteiger partial charge is 0.322 e. The predicted molar refractivity (Wildman–Crippen MR) is 82.8 cm³/mol. The molecule has 0 aliphatic heterocycles. The molecule has 0 saturated heterocycles. The van der Waals surface area contributed by atoms with E-state index >= 15 is 0 Å². The number of hydrogen-bond acceptors (Lipinski definition) is 4. The smallest absolute Gasteiger partial charge is 0.264 e. The van der Waals surface area contributed by atoms with E-state index in [0.29, 0.717) is 11.3 Å². The Bertz CT molecular complexity index is 743. The van der Waals surface area contributed by atoms with Crippen molar-refractivity contribution < 1.29 is 18.0 Å². The van der Waals surface area contributed by atoms with Gasteiger partial charge in [-0.3, -0.25) is 9.63 Å². The number of nitrogens with one attached hydrogen (secondary N) is 1. The summed E-state index contributed by atoms with van der Waals surface area (Å²) in [5.74, 6) is -0.310. The van der Waals surface area contributed by atoms with Gasteiger partial charge in [-0.2, -0.15) is 0 Å². The molecule has 22 heavy (non-hydrogen) atoms. The maximum Gasteiger partial charge on any atom is 0.264 e. The van der Waals surface area contributed by atoms with Crippen LogP contribution in [-0.2, 0) is 14.9 Å². The molecular formula is C15H16N2O4S. The van der Waals surface area contributed by atoms with Gasteiger partial charge in [0.2, 0.25) is 0 Å². The molecule has 0 heterocycles. The Morgan fingerprint density at radius 3 is 2.18 bits per heavy atom. The first-order valence-corrected chi connectivity index (χ1v) is 7.88. The molecule has 1 N–H and O–H groups in total. The molecule has 2 rings (SSSR count). The molecule has 0 bridgehead atoms. The number of para-hydroxylation sites is 1. The van der Waals surface area contributed by atoms with Gasteiger partial charge < -0.3 is 5.32 Å². The molecule has 116 valence electrons. The normalized spacial score (nSPS) is 11.4. The van der Waals surface area contributed by atoms with Crippen molar-refractivity contribution in [1.82, 2.24) is 4.47 Å². The van der Waals surface area contributed by atoms with Crippen LogP contribution in [-0.4, -0.2) is 33.0 Å². The van der Waals surface area contributed by atoms with Crippen LogP contribution in [0.4, 0.5) is 5.69 Å². The number of hydrogen-bond donors (Lipinski definition) is 1. The zero-order valence-electron chi connectivity index (χ0n) is 12.2. The van der Waals surface area contributed by atoms with Crippen molar-refractivity contribution in [3.05, 3.63) is 60.2 Å². The van der Waals surface area contributed by atoms with Gasteiger partial charge in [0.1, 0.15) is 0 Å². The Hall–Kier alpha value is -2.22. The number of carbonyl (C=O) groups excluding carboxylic acids is 1. The molecule has 0 atom stereocenters. The Kier molecular flexibility index (Phi) is 4.92. The predicted octanol–water partition coefficient (Wildman–Crippen LogP) is 2.12. The van der Waals surface area contributed by atoms with E-state index in [9.17, 15) is 13.2 Å². The first-order chi connectivity index (χ1) is 10.4. The summed E-state index contributed by atoms with van der Waals surface area (Å²) in [6.07, 6.45) is 0. The van der Waals surface area contributed by atoms with Crippen LogP contribution < -0.4 is 5.32 Å². The minimum atomic E-state index is -3.71. The molecule has 0 saturated carbocycles. The first-order valence-electron chi connectivity index (χ1n) is 6.44. The van der Waals surface area contributed by atoms with Gasteiger partial charge in [-0.25, -0.2) is 8.42 Å². The summed E-state index contributed by atoms with van der Waals surface area (Å²) in [6, 6.07) is 14.6. The van der Waals surface area contributed by atoms with Gasteiger partial charge in [0.15, 0.2) is 0 Å². The number of hydroxylamine groups is 1. The highest BCUT2D eigenvalue weighted by Crippen LogP contribution is 2.16. The average molecular weight is 320 g/mol. The highest BCUT2D eigenvalue weighted by atomic mass is 32.2. The average Bonchev–Trinajstić information content (AvgIpc) is 2.55. The van der Waals surface area contributed by atoms with Crippen LogP contribution in [0, 0.1) is 0 Å². The number of sulfonamides is 1. The van der Waals surface area contributed by atoms with Crippen molar-refractivity contribution in [3.63, 3.8) is 0 Å². The topological polar surface area (TPSA) is 75.7 Å². The van der Waals surface area contributed by atoms with Crippen LogP contribution >= 0.6 is 0 Å². The van der Waals surface area contributed by atoms with Crippen molar-refractivity contribution >= 4 is 21.6 Å². The number of anilines is 1. The molecule has 7 heteroatoms. The summed E-state index contributed by atoms with van der Waals surface area (Å²) in [5, 5.41) is 2.73. The summed E-state index contributed by atoms with van der Waals surface area (Å²) in [4.78, 5) is 16.8. The van der Waals surface area contributed by atoms with Crippen LogP contribution in [0.15, 0.2) is 59.5 Å². The standard InChI is InChI=1S/C15H16N2O4S/c1-17(21-2)22(19,20)14-10-8-12(9-11-14)15(18)16-13-6-4-3-5-7-13/h3-11H,1-2H3,(H,16,18). The summed E-state index contributed by atoms with van der Waals surface area (Å²) in [6.45, 7) is 0. The number of benzene rings is 2. The molecule has 6 nitrogen and oxygen atoms in total. The van der Waals surface area contributed by atoms with E-state index < -0.39 is 10.0 Å². The van der Waals surface area contributed by atoms with E-state index in [1.807, 2.05) is 18.2 Å². The Labute approximate surface area is 129 Å². The second-order valence-corrected chi connectivity index (χ2v) is 6.38. The van der Waals surface area contributed by atoms with Crippen molar-refractivity contribution in [2.24, 2.45) is 0 Å². The van der Waals surface area contributed by atoms with Gasteiger partial charge in [0.05, 0.1) is 12.0 Å². The zero-order valence-corrected chi connectivity index (χ0v) is 13.0. The third-order valence-corrected chi connectivity index (χ3v) is 4.74. The summed E-state index contributed by atoms with van der Waals surface area (Å²) in [7, 11) is -1.15. The van der Waals surface area contributed by atoms with Crippen LogP contribution in [0.3, 0.4) is 0 Å². The fourth-order valence-electron chi connectivity index (χ4n) is 1.75. The first kappa shape index (κ1) is 16.2. The molecule has 0 aromatic heterocycles. The Morgan fingerprint density at radius 2 is 1.64 bits per heavy atom. The second-order valence-electron chi connectivity index (χ2n) is 4.44. The van der Waals surface area contributed by atoms with E-state index in [2.05, 4.69) is 5.32 Å². The molecule has 0 fully saturated rings. The summed E-state index contributed by atoms with van der Waals surface area (Å²) in [5.41, 5.74) is 1.03. The molecule has 0 radical (unpaired) electrons. The van der Waals surface area contributed by atoms with E-state index in [-0.39, 0.29) is 10.8 Å². The van der Waals surface area contributed by atoms with Gasteiger partial charge >= 0.3 is 0 Å². The maximum absolute atomic E-state index is 12.1. The second kappa shape index (κ2) is 6.69. The summed E-state index contributed by atoms with van der Waals surface area (Å²) < 4.78 is 24.8. The molecule has 0 unspecified atom stereocenters. The lowest BCUT2D eigenvalue weighted by Gasteiger charge is -2.14. The molecule has 2 aromatic rings. The van der Waals surface area contributed by atoms with Gasteiger partial charge in [0.25, 0.3) is 15.9 Å². The van der Waals surface area contributed by atoms with Crippen molar-refractivity contribution in [2.75, 3.05) is 19.5 Å². The van der Waals surface area contributed by atoms with E-state index in [0.717, 1.165) is 4.47 Å². The lowest BCUT2D eigenvalue weighted by atomic mass is 10.2. The van der Waals surface area contributed by atoms with E-state index in [1.54, 1.807) is 12.1 Å². The lowest BCUT2D eigenvalue weighted by Crippen LogP contribution is -2.25. The zero-order chi connectivity index (χ0) is 16.2. The van der Waals surface area contributed by atoms with Gasteiger partial charge in [0, 0.05) is 18.3 Å².